The van der Waals surface area contributed by atoms with Crippen molar-refractivity contribution in [2.45, 2.75) is 23.6 Å². The van der Waals surface area contributed by atoms with E-state index >= 15 is 0 Å². The largest absolute Gasteiger partial charge is 0.355 e. The lowest BCUT2D eigenvalue weighted by molar-refractivity contribution is -0.120. The first-order valence-electron chi connectivity index (χ1n) is 6.09. The molecule has 0 saturated heterocycles. The Labute approximate surface area is 116 Å². The molecule has 5 nitrogen and oxygen atoms in total. The van der Waals surface area contributed by atoms with Crippen molar-refractivity contribution in [1.82, 2.24) is 20.5 Å². The van der Waals surface area contributed by atoms with Gasteiger partial charge in [-0.2, -0.15) is 5.10 Å². The Morgan fingerprint density at radius 3 is 3.11 bits per heavy atom. The number of carbonyl (C=O) groups is 1. The van der Waals surface area contributed by atoms with E-state index in [9.17, 15) is 4.79 Å². The number of hydrogen-bond donors (Lipinski definition) is 2. The Morgan fingerprint density at radius 2 is 2.42 bits per heavy atom. The summed E-state index contributed by atoms with van der Waals surface area (Å²) in [5.74, 6) is 0.0270. The molecule has 1 amide bonds. The summed E-state index contributed by atoms with van der Waals surface area (Å²) in [5.41, 5.74) is 1.09. The third-order valence-corrected chi connectivity index (χ3v) is 3.62. The molecule has 0 aliphatic rings. The summed E-state index contributed by atoms with van der Waals surface area (Å²) >= 11 is 1.46. The van der Waals surface area contributed by atoms with E-state index in [4.69, 9.17) is 0 Å². The van der Waals surface area contributed by atoms with Crippen LogP contribution in [-0.2, 0) is 11.2 Å². The van der Waals surface area contributed by atoms with Gasteiger partial charge in [-0.05, 0) is 31.0 Å². The fourth-order valence-electron chi connectivity index (χ4n) is 1.54. The quantitative estimate of drug-likeness (QED) is 0.787. The maximum absolute atomic E-state index is 11.9. The highest BCUT2D eigenvalue weighted by atomic mass is 32.2. The van der Waals surface area contributed by atoms with Gasteiger partial charge in [-0.1, -0.05) is 17.8 Å². The Bertz CT molecular complexity index is 501. The molecule has 0 unspecified atom stereocenters. The standard InChI is InChI=1S/C13H16N4OS/c1-10(19-12-4-2-3-6-14-12)13(18)15-7-5-11-8-16-17-9-11/h2-4,6,8-10H,5,7H2,1H3,(H,15,18)(H,16,17)/t10-/m0/s1. The van der Waals surface area contributed by atoms with Crippen molar-refractivity contribution in [3.8, 4) is 0 Å². The van der Waals surface area contributed by atoms with Gasteiger partial charge in [0.05, 0.1) is 16.5 Å². The van der Waals surface area contributed by atoms with Gasteiger partial charge < -0.3 is 5.32 Å². The third-order valence-electron chi connectivity index (χ3n) is 2.57. The van der Waals surface area contributed by atoms with Crippen LogP contribution in [0.5, 0.6) is 0 Å². The number of aromatic amines is 1. The Morgan fingerprint density at radius 1 is 1.53 bits per heavy atom. The van der Waals surface area contributed by atoms with E-state index in [1.165, 1.54) is 11.8 Å². The number of pyridine rings is 1. The second-order valence-electron chi connectivity index (χ2n) is 4.08. The number of nitrogens with zero attached hydrogens (tertiary/aromatic N) is 2. The lowest BCUT2D eigenvalue weighted by Crippen LogP contribution is -2.32. The van der Waals surface area contributed by atoms with Crippen LogP contribution in [0.3, 0.4) is 0 Å². The Kier molecular flexibility index (Phi) is 4.97. The van der Waals surface area contributed by atoms with E-state index in [0.717, 1.165) is 17.0 Å². The van der Waals surface area contributed by atoms with E-state index in [2.05, 4.69) is 20.5 Å². The van der Waals surface area contributed by atoms with Crippen LogP contribution >= 0.6 is 11.8 Å². The second kappa shape index (κ2) is 6.94. The summed E-state index contributed by atoms with van der Waals surface area (Å²) in [7, 11) is 0. The molecule has 0 saturated carbocycles. The third kappa shape index (κ3) is 4.40. The number of nitrogens with one attached hydrogen (secondary N) is 2. The number of aromatic nitrogens is 3. The molecule has 2 heterocycles. The van der Waals surface area contributed by atoms with Crippen LogP contribution in [0.25, 0.3) is 0 Å². The minimum Gasteiger partial charge on any atom is -0.355 e. The summed E-state index contributed by atoms with van der Waals surface area (Å²) in [6, 6.07) is 5.68. The van der Waals surface area contributed by atoms with E-state index in [1.54, 1.807) is 12.4 Å². The molecule has 100 valence electrons. The zero-order valence-corrected chi connectivity index (χ0v) is 11.5. The lowest BCUT2D eigenvalue weighted by Gasteiger charge is -2.10. The average molecular weight is 276 g/mol. The highest BCUT2D eigenvalue weighted by Crippen LogP contribution is 2.20. The zero-order chi connectivity index (χ0) is 13.5. The van der Waals surface area contributed by atoms with Gasteiger partial charge in [-0.3, -0.25) is 9.89 Å². The molecule has 0 spiro atoms. The highest BCUT2D eigenvalue weighted by molar-refractivity contribution is 8.00. The molecule has 2 aromatic heterocycles. The Balaban J connectivity index is 1.73. The predicted molar refractivity (Wildman–Crippen MR) is 74.9 cm³/mol. The van der Waals surface area contributed by atoms with Crippen molar-refractivity contribution in [3.05, 3.63) is 42.4 Å². The molecule has 0 fully saturated rings. The molecule has 1 atom stereocenters. The van der Waals surface area contributed by atoms with E-state index in [0.29, 0.717) is 6.54 Å². The van der Waals surface area contributed by atoms with Gasteiger partial charge in [0.25, 0.3) is 0 Å². The topological polar surface area (TPSA) is 70.7 Å². The molecule has 19 heavy (non-hydrogen) atoms. The number of carbonyl (C=O) groups excluding carboxylic acids is 1. The number of rotatable bonds is 6. The predicted octanol–water partition coefficient (Wildman–Crippen LogP) is 1.64. The van der Waals surface area contributed by atoms with Crippen molar-refractivity contribution in [2.75, 3.05) is 6.54 Å². The summed E-state index contributed by atoms with van der Waals surface area (Å²) in [4.78, 5) is 16.1. The van der Waals surface area contributed by atoms with Crippen molar-refractivity contribution in [1.29, 1.82) is 0 Å². The SMILES string of the molecule is C[C@H](Sc1ccccn1)C(=O)NCCc1cn[nH]c1. The molecule has 0 aliphatic heterocycles. The van der Waals surface area contributed by atoms with Gasteiger partial charge in [0, 0.05) is 18.9 Å². The monoisotopic (exact) mass is 276 g/mol. The van der Waals surface area contributed by atoms with Crippen molar-refractivity contribution < 1.29 is 4.79 Å². The first-order valence-corrected chi connectivity index (χ1v) is 6.97. The van der Waals surface area contributed by atoms with E-state index in [1.807, 2.05) is 31.3 Å². The maximum Gasteiger partial charge on any atom is 0.233 e. The number of amides is 1. The molecule has 0 aliphatic carbocycles. The van der Waals surface area contributed by atoms with Crippen LogP contribution in [0.15, 0.2) is 41.8 Å². The zero-order valence-electron chi connectivity index (χ0n) is 10.7. The number of hydrogen-bond acceptors (Lipinski definition) is 4. The van der Waals surface area contributed by atoms with Gasteiger partial charge in [0.15, 0.2) is 0 Å². The fraction of sp³-hybridized carbons (Fsp3) is 0.308. The van der Waals surface area contributed by atoms with Gasteiger partial charge in [-0.25, -0.2) is 4.98 Å². The van der Waals surface area contributed by atoms with Crippen LogP contribution in [0.4, 0.5) is 0 Å². The second-order valence-corrected chi connectivity index (χ2v) is 5.44. The van der Waals surface area contributed by atoms with Crippen molar-refractivity contribution >= 4 is 17.7 Å². The van der Waals surface area contributed by atoms with Crippen LogP contribution in [0, 0.1) is 0 Å². The minimum atomic E-state index is -0.153. The molecular formula is C13H16N4OS. The van der Waals surface area contributed by atoms with Gasteiger partial charge in [0.1, 0.15) is 0 Å². The van der Waals surface area contributed by atoms with Gasteiger partial charge in [-0.15, -0.1) is 0 Å². The molecule has 0 bridgehead atoms. The molecule has 6 heteroatoms. The lowest BCUT2D eigenvalue weighted by atomic mass is 10.2. The van der Waals surface area contributed by atoms with Gasteiger partial charge in [0.2, 0.25) is 5.91 Å². The first-order chi connectivity index (χ1) is 9.25. The molecule has 0 aromatic carbocycles. The molecule has 2 N–H and O–H groups in total. The van der Waals surface area contributed by atoms with Crippen molar-refractivity contribution in [3.63, 3.8) is 0 Å². The van der Waals surface area contributed by atoms with Crippen LogP contribution < -0.4 is 5.32 Å². The number of thioether (sulfide) groups is 1. The molecule has 2 rings (SSSR count). The van der Waals surface area contributed by atoms with E-state index in [-0.39, 0.29) is 11.2 Å². The van der Waals surface area contributed by atoms with Crippen LogP contribution in [0.1, 0.15) is 12.5 Å². The molecule has 0 radical (unpaired) electrons. The maximum atomic E-state index is 11.9. The van der Waals surface area contributed by atoms with Gasteiger partial charge >= 0.3 is 0 Å². The minimum absolute atomic E-state index is 0.0270. The van der Waals surface area contributed by atoms with E-state index < -0.39 is 0 Å². The summed E-state index contributed by atoms with van der Waals surface area (Å²) in [5, 5.41) is 10.2. The normalized spacial score (nSPS) is 12.1. The summed E-state index contributed by atoms with van der Waals surface area (Å²) in [6.07, 6.45) is 6.10. The average Bonchev–Trinajstić information content (AvgIpc) is 2.93. The summed E-state index contributed by atoms with van der Waals surface area (Å²) in [6.45, 7) is 2.50. The van der Waals surface area contributed by atoms with Crippen LogP contribution in [-0.4, -0.2) is 32.9 Å². The van der Waals surface area contributed by atoms with Crippen LogP contribution in [0.2, 0.25) is 0 Å². The molecule has 2 aromatic rings. The first kappa shape index (κ1) is 13.6. The smallest absolute Gasteiger partial charge is 0.233 e. The highest BCUT2D eigenvalue weighted by Gasteiger charge is 2.14. The Hall–Kier alpha value is -1.82. The number of H-pyrrole nitrogens is 1. The van der Waals surface area contributed by atoms with Crippen molar-refractivity contribution in [2.24, 2.45) is 0 Å². The fourth-order valence-corrected chi connectivity index (χ4v) is 2.37. The summed E-state index contributed by atoms with van der Waals surface area (Å²) < 4.78 is 0. The molecular weight excluding hydrogens is 260 g/mol.